The Morgan fingerprint density at radius 2 is 2.00 bits per heavy atom. The highest BCUT2D eigenvalue weighted by molar-refractivity contribution is 5.44. The lowest BCUT2D eigenvalue weighted by Crippen LogP contribution is -2.28. The number of halogens is 1. The average Bonchev–Trinajstić information content (AvgIpc) is 2.75. The highest BCUT2D eigenvalue weighted by Crippen LogP contribution is 2.57. The topological polar surface area (TPSA) is 18.5 Å². The first-order chi connectivity index (χ1) is 5.68. The summed E-state index contributed by atoms with van der Waals surface area (Å²) < 4.78 is 23.3. The summed E-state index contributed by atoms with van der Waals surface area (Å²) in [7, 11) is 3.19. The van der Waals surface area contributed by atoms with Gasteiger partial charge in [0.25, 0.3) is 0 Å². The molecule has 0 heterocycles. The molecule has 0 aromatic heterocycles. The van der Waals surface area contributed by atoms with Gasteiger partial charge in [0.2, 0.25) is 0 Å². The standard InChI is InChI=1S/C9H11FO2/c1-11-8-4-3-7(10)5-9(8,6-8)12-2/h3-5H,6H2,1-2H3. The first-order valence-electron chi connectivity index (χ1n) is 3.86. The zero-order chi connectivity index (χ0) is 8.82. The molecule has 0 saturated heterocycles. The molecule has 0 aromatic rings. The molecular weight excluding hydrogens is 159 g/mol. The minimum atomic E-state index is -0.541. The summed E-state index contributed by atoms with van der Waals surface area (Å²) in [5.41, 5.74) is -0.947. The van der Waals surface area contributed by atoms with Crippen molar-refractivity contribution in [3.8, 4) is 0 Å². The SMILES string of the molecule is COC12C=CC(F)=CC1(OC)C2. The van der Waals surface area contributed by atoms with Crippen molar-refractivity contribution in [2.24, 2.45) is 0 Å². The molecule has 2 nitrogen and oxygen atoms in total. The van der Waals surface area contributed by atoms with Crippen molar-refractivity contribution in [3.63, 3.8) is 0 Å². The summed E-state index contributed by atoms with van der Waals surface area (Å²) in [6.45, 7) is 0. The van der Waals surface area contributed by atoms with Gasteiger partial charge in [-0.15, -0.1) is 0 Å². The Kier molecular flexibility index (Phi) is 1.44. The second kappa shape index (κ2) is 2.18. The second-order valence-electron chi connectivity index (χ2n) is 3.23. The molecule has 0 N–H and O–H groups in total. The van der Waals surface area contributed by atoms with Gasteiger partial charge >= 0.3 is 0 Å². The van der Waals surface area contributed by atoms with Crippen LogP contribution in [0.5, 0.6) is 0 Å². The molecule has 0 bridgehead atoms. The van der Waals surface area contributed by atoms with Gasteiger partial charge in [-0.25, -0.2) is 4.39 Å². The Labute approximate surface area is 70.7 Å². The van der Waals surface area contributed by atoms with Crippen LogP contribution in [0.3, 0.4) is 0 Å². The molecule has 0 aliphatic heterocycles. The number of hydrogen-bond donors (Lipinski definition) is 0. The Balaban J connectivity index is 2.33. The van der Waals surface area contributed by atoms with Crippen LogP contribution < -0.4 is 0 Å². The Hall–Kier alpha value is -0.670. The minimum Gasteiger partial charge on any atom is -0.371 e. The van der Waals surface area contributed by atoms with E-state index in [1.54, 1.807) is 20.3 Å². The van der Waals surface area contributed by atoms with E-state index in [1.165, 1.54) is 12.2 Å². The third-order valence-corrected chi connectivity index (χ3v) is 2.73. The predicted octanol–water partition coefficient (Wildman–Crippen LogP) is 1.58. The molecule has 0 spiro atoms. The highest BCUT2D eigenvalue weighted by atomic mass is 19.1. The molecule has 0 amide bonds. The van der Waals surface area contributed by atoms with Crippen LogP contribution in [0.25, 0.3) is 0 Å². The summed E-state index contributed by atoms with van der Waals surface area (Å²) in [5, 5.41) is 0. The number of hydrogen-bond acceptors (Lipinski definition) is 2. The van der Waals surface area contributed by atoms with Crippen LogP contribution in [0.2, 0.25) is 0 Å². The van der Waals surface area contributed by atoms with Gasteiger partial charge in [0.15, 0.2) is 0 Å². The fraction of sp³-hybridized carbons (Fsp3) is 0.556. The molecule has 3 heteroatoms. The summed E-state index contributed by atoms with van der Waals surface area (Å²) >= 11 is 0. The molecule has 1 fully saturated rings. The normalized spacial score (nSPS) is 43.8. The van der Waals surface area contributed by atoms with Gasteiger partial charge in [0.1, 0.15) is 17.0 Å². The van der Waals surface area contributed by atoms with Crippen LogP contribution in [0.15, 0.2) is 24.1 Å². The number of fused-ring (bicyclic) bond motifs is 1. The molecule has 2 atom stereocenters. The van der Waals surface area contributed by atoms with E-state index in [0.29, 0.717) is 6.42 Å². The lowest BCUT2D eigenvalue weighted by molar-refractivity contribution is 0.0125. The van der Waals surface area contributed by atoms with Crippen molar-refractivity contribution in [1.29, 1.82) is 0 Å². The van der Waals surface area contributed by atoms with Gasteiger partial charge in [-0.2, -0.15) is 0 Å². The summed E-state index contributed by atoms with van der Waals surface area (Å²) in [6.07, 6.45) is 5.34. The summed E-state index contributed by atoms with van der Waals surface area (Å²) in [6, 6.07) is 0. The van der Waals surface area contributed by atoms with Crippen molar-refractivity contribution >= 4 is 0 Å². The fourth-order valence-electron chi connectivity index (χ4n) is 1.82. The van der Waals surface area contributed by atoms with Crippen LogP contribution in [0.1, 0.15) is 6.42 Å². The van der Waals surface area contributed by atoms with Crippen molar-refractivity contribution in [3.05, 3.63) is 24.1 Å². The Morgan fingerprint density at radius 3 is 2.58 bits per heavy atom. The van der Waals surface area contributed by atoms with Gasteiger partial charge in [-0.05, 0) is 18.2 Å². The average molecular weight is 170 g/mol. The molecule has 2 unspecified atom stereocenters. The van der Waals surface area contributed by atoms with Crippen LogP contribution in [-0.2, 0) is 9.47 Å². The molecule has 2 aliphatic carbocycles. The van der Waals surface area contributed by atoms with Crippen molar-refractivity contribution in [1.82, 2.24) is 0 Å². The van der Waals surface area contributed by atoms with E-state index in [4.69, 9.17) is 9.47 Å². The quantitative estimate of drug-likeness (QED) is 0.626. The molecule has 0 aromatic carbocycles. The lowest BCUT2D eigenvalue weighted by Gasteiger charge is -2.20. The smallest absolute Gasteiger partial charge is 0.125 e. The first kappa shape index (κ1) is 7.95. The van der Waals surface area contributed by atoms with Gasteiger partial charge in [0, 0.05) is 20.6 Å². The molecular formula is C9H11FO2. The van der Waals surface area contributed by atoms with E-state index in [-0.39, 0.29) is 5.83 Å². The van der Waals surface area contributed by atoms with E-state index in [0.717, 1.165) is 0 Å². The molecule has 2 aliphatic rings. The maximum absolute atomic E-state index is 12.8. The van der Waals surface area contributed by atoms with Crippen molar-refractivity contribution in [2.75, 3.05) is 14.2 Å². The van der Waals surface area contributed by atoms with Crippen molar-refractivity contribution in [2.45, 2.75) is 17.6 Å². The molecule has 0 radical (unpaired) electrons. The van der Waals surface area contributed by atoms with Crippen LogP contribution >= 0.6 is 0 Å². The largest absolute Gasteiger partial charge is 0.371 e. The number of ether oxygens (including phenoxy) is 2. The summed E-state index contributed by atoms with van der Waals surface area (Å²) in [4.78, 5) is 0. The maximum Gasteiger partial charge on any atom is 0.125 e. The lowest BCUT2D eigenvalue weighted by atomic mass is 10.1. The zero-order valence-electron chi connectivity index (χ0n) is 7.13. The molecule has 12 heavy (non-hydrogen) atoms. The zero-order valence-corrected chi connectivity index (χ0v) is 7.13. The molecule has 2 rings (SSSR count). The molecule has 1 saturated carbocycles. The van der Waals surface area contributed by atoms with E-state index < -0.39 is 11.2 Å². The van der Waals surface area contributed by atoms with Gasteiger partial charge < -0.3 is 9.47 Å². The maximum atomic E-state index is 12.8. The van der Waals surface area contributed by atoms with Gasteiger partial charge in [-0.1, -0.05) is 0 Å². The third-order valence-electron chi connectivity index (χ3n) is 2.73. The predicted molar refractivity (Wildman–Crippen MR) is 42.4 cm³/mol. The van der Waals surface area contributed by atoms with E-state index in [1.807, 2.05) is 0 Å². The van der Waals surface area contributed by atoms with Crippen LogP contribution in [-0.4, -0.2) is 25.4 Å². The number of allylic oxidation sites excluding steroid dienone is 2. The molecule has 66 valence electrons. The monoisotopic (exact) mass is 170 g/mol. The first-order valence-corrected chi connectivity index (χ1v) is 3.86. The highest BCUT2D eigenvalue weighted by Gasteiger charge is 2.68. The second-order valence-corrected chi connectivity index (χ2v) is 3.23. The summed E-state index contributed by atoms with van der Waals surface area (Å²) in [5.74, 6) is -0.248. The van der Waals surface area contributed by atoms with Gasteiger partial charge in [-0.3, -0.25) is 0 Å². The minimum absolute atomic E-state index is 0.248. The fourth-order valence-corrected chi connectivity index (χ4v) is 1.82. The van der Waals surface area contributed by atoms with E-state index in [9.17, 15) is 4.39 Å². The van der Waals surface area contributed by atoms with E-state index in [2.05, 4.69) is 0 Å². The Morgan fingerprint density at radius 1 is 1.33 bits per heavy atom. The van der Waals surface area contributed by atoms with Crippen LogP contribution in [0, 0.1) is 0 Å². The van der Waals surface area contributed by atoms with E-state index >= 15 is 0 Å². The third kappa shape index (κ3) is 0.753. The number of rotatable bonds is 2. The van der Waals surface area contributed by atoms with Gasteiger partial charge in [0.05, 0.1) is 0 Å². The Bertz CT molecular complexity index is 272. The number of methoxy groups -OCH3 is 2. The van der Waals surface area contributed by atoms with Crippen LogP contribution in [0.4, 0.5) is 4.39 Å². The van der Waals surface area contributed by atoms with Crippen molar-refractivity contribution < 1.29 is 13.9 Å².